The number of carbonyl (C=O) groups excluding carboxylic acids is 1. The van der Waals surface area contributed by atoms with E-state index in [1.807, 2.05) is 18.2 Å². The van der Waals surface area contributed by atoms with Gasteiger partial charge >= 0.3 is 0 Å². The van der Waals surface area contributed by atoms with E-state index in [0.29, 0.717) is 6.61 Å². The Kier molecular flexibility index (Phi) is 6.45. The Labute approximate surface area is 149 Å². The number of para-hydroxylation sites is 2. The summed E-state index contributed by atoms with van der Waals surface area (Å²) in [5.41, 5.74) is 2.18. The number of rotatable bonds is 8. The van der Waals surface area contributed by atoms with Crippen molar-refractivity contribution in [2.24, 2.45) is 5.92 Å². The molecule has 1 aliphatic carbocycles. The number of fused-ring (bicyclic) bond motifs is 1. The molecular formula is C20H29N3O2. The lowest BCUT2D eigenvalue weighted by molar-refractivity contribution is -0.125. The number of aromatic nitrogens is 2. The fraction of sp³-hybridized carbons (Fsp3) is 0.600. The molecule has 1 amide bonds. The highest BCUT2D eigenvalue weighted by Crippen LogP contribution is 2.23. The zero-order valence-electron chi connectivity index (χ0n) is 15.2. The highest BCUT2D eigenvalue weighted by molar-refractivity contribution is 5.78. The van der Waals surface area contributed by atoms with E-state index in [2.05, 4.69) is 16.0 Å². The molecule has 1 fully saturated rings. The van der Waals surface area contributed by atoms with Gasteiger partial charge in [-0.05, 0) is 31.4 Å². The number of methoxy groups -OCH3 is 1. The summed E-state index contributed by atoms with van der Waals surface area (Å²) in [5.74, 6) is 1.55. The fourth-order valence-electron chi connectivity index (χ4n) is 3.72. The van der Waals surface area contributed by atoms with Crippen LogP contribution in [0.3, 0.4) is 0 Å². The predicted molar refractivity (Wildman–Crippen MR) is 99.5 cm³/mol. The van der Waals surface area contributed by atoms with Crippen molar-refractivity contribution >= 4 is 16.9 Å². The number of nitrogens with zero attached hydrogens (tertiary/aromatic N) is 2. The van der Waals surface area contributed by atoms with E-state index in [-0.39, 0.29) is 11.8 Å². The molecule has 0 aliphatic heterocycles. The van der Waals surface area contributed by atoms with Crippen LogP contribution in [0.15, 0.2) is 24.3 Å². The van der Waals surface area contributed by atoms with Crippen LogP contribution in [0.5, 0.6) is 0 Å². The minimum atomic E-state index is 0.236. The number of hydrogen-bond donors (Lipinski definition) is 1. The van der Waals surface area contributed by atoms with E-state index in [4.69, 9.17) is 9.72 Å². The smallest absolute Gasteiger partial charge is 0.223 e. The van der Waals surface area contributed by atoms with Crippen molar-refractivity contribution < 1.29 is 9.53 Å². The molecule has 0 spiro atoms. The van der Waals surface area contributed by atoms with Gasteiger partial charge in [-0.15, -0.1) is 0 Å². The molecule has 0 bridgehead atoms. The second-order valence-corrected chi connectivity index (χ2v) is 6.89. The molecule has 25 heavy (non-hydrogen) atoms. The van der Waals surface area contributed by atoms with Crippen molar-refractivity contribution in [3.05, 3.63) is 30.1 Å². The summed E-state index contributed by atoms with van der Waals surface area (Å²) < 4.78 is 7.48. The van der Waals surface area contributed by atoms with E-state index in [1.165, 1.54) is 19.3 Å². The van der Waals surface area contributed by atoms with Crippen LogP contribution >= 0.6 is 0 Å². The molecule has 1 aromatic carbocycles. The van der Waals surface area contributed by atoms with Gasteiger partial charge in [-0.2, -0.15) is 0 Å². The van der Waals surface area contributed by atoms with Crippen LogP contribution in [0.25, 0.3) is 11.0 Å². The van der Waals surface area contributed by atoms with E-state index in [9.17, 15) is 4.79 Å². The number of benzene rings is 1. The third-order valence-electron chi connectivity index (χ3n) is 5.10. The number of amides is 1. The van der Waals surface area contributed by atoms with Crippen LogP contribution < -0.4 is 5.32 Å². The Morgan fingerprint density at radius 3 is 2.88 bits per heavy atom. The van der Waals surface area contributed by atoms with E-state index in [0.717, 1.165) is 55.6 Å². The molecule has 5 nitrogen and oxygen atoms in total. The minimum absolute atomic E-state index is 0.236. The van der Waals surface area contributed by atoms with E-state index < -0.39 is 0 Å². The van der Waals surface area contributed by atoms with Gasteiger partial charge in [-0.25, -0.2) is 4.98 Å². The molecule has 1 heterocycles. The summed E-state index contributed by atoms with van der Waals surface area (Å²) in [4.78, 5) is 17.0. The highest BCUT2D eigenvalue weighted by atomic mass is 16.5. The number of hydrogen-bond acceptors (Lipinski definition) is 3. The first kappa shape index (κ1) is 17.9. The maximum Gasteiger partial charge on any atom is 0.223 e. The number of imidazole rings is 1. The lowest BCUT2D eigenvalue weighted by Gasteiger charge is -2.20. The lowest BCUT2D eigenvalue weighted by atomic mass is 9.89. The molecule has 3 rings (SSSR count). The van der Waals surface area contributed by atoms with Gasteiger partial charge in [-0.3, -0.25) is 4.79 Å². The van der Waals surface area contributed by atoms with Crippen molar-refractivity contribution in [3.8, 4) is 0 Å². The summed E-state index contributed by atoms with van der Waals surface area (Å²) >= 11 is 0. The molecule has 1 N–H and O–H groups in total. The molecule has 0 unspecified atom stereocenters. The molecule has 0 radical (unpaired) electrons. The predicted octanol–water partition coefficient (Wildman–Crippen LogP) is 3.31. The Morgan fingerprint density at radius 1 is 1.28 bits per heavy atom. The van der Waals surface area contributed by atoms with E-state index >= 15 is 0 Å². The van der Waals surface area contributed by atoms with Gasteiger partial charge in [0.2, 0.25) is 5.91 Å². The third-order valence-corrected chi connectivity index (χ3v) is 5.10. The summed E-state index contributed by atoms with van der Waals surface area (Å²) in [7, 11) is 1.72. The topological polar surface area (TPSA) is 56.1 Å². The molecule has 1 aliphatic rings. The van der Waals surface area contributed by atoms with Crippen molar-refractivity contribution in [2.75, 3.05) is 20.3 Å². The second kappa shape index (κ2) is 8.99. The van der Waals surface area contributed by atoms with Crippen molar-refractivity contribution in [2.45, 2.75) is 51.5 Å². The van der Waals surface area contributed by atoms with Crippen LogP contribution in [0, 0.1) is 5.92 Å². The maximum atomic E-state index is 12.2. The third kappa shape index (κ3) is 4.60. The van der Waals surface area contributed by atoms with Crippen LogP contribution in [0.4, 0.5) is 0 Å². The lowest BCUT2D eigenvalue weighted by Crippen LogP contribution is -2.32. The SMILES string of the molecule is COCCn1c(CCCNC(=O)C2CCCCC2)nc2ccccc21. The quantitative estimate of drug-likeness (QED) is 0.748. The van der Waals surface area contributed by atoms with Crippen LogP contribution in [-0.2, 0) is 22.5 Å². The molecule has 136 valence electrons. The van der Waals surface area contributed by atoms with Crippen molar-refractivity contribution in [1.29, 1.82) is 0 Å². The van der Waals surface area contributed by atoms with Gasteiger partial charge in [0.1, 0.15) is 5.82 Å². The number of carbonyl (C=O) groups is 1. The molecule has 1 aromatic heterocycles. The first-order valence-electron chi connectivity index (χ1n) is 9.50. The average molecular weight is 343 g/mol. The fourth-order valence-corrected chi connectivity index (χ4v) is 3.72. The average Bonchev–Trinajstić information content (AvgIpc) is 3.01. The Balaban J connectivity index is 1.54. The Hall–Kier alpha value is -1.88. The number of ether oxygens (including phenoxy) is 1. The zero-order chi connectivity index (χ0) is 17.5. The highest BCUT2D eigenvalue weighted by Gasteiger charge is 2.20. The van der Waals surface area contributed by atoms with Gasteiger partial charge in [0.05, 0.1) is 17.6 Å². The van der Waals surface area contributed by atoms with Crippen LogP contribution in [0.1, 0.15) is 44.3 Å². The Morgan fingerprint density at radius 2 is 2.08 bits per heavy atom. The van der Waals surface area contributed by atoms with Gasteiger partial charge in [0.25, 0.3) is 0 Å². The standard InChI is InChI=1S/C20H29N3O2/c1-25-15-14-23-18-11-6-5-10-17(18)22-19(23)12-7-13-21-20(24)16-8-3-2-4-9-16/h5-6,10-11,16H,2-4,7-9,12-15H2,1H3,(H,21,24). The van der Waals surface area contributed by atoms with Gasteiger partial charge in [0, 0.05) is 32.5 Å². The zero-order valence-corrected chi connectivity index (χ0v) is 15.2. The second-order valence-electron chi connectivity index (χ2n) is 6.89. The monoisotopic (exact) mass is 343 g/mol. The summed E-state index contributed by atoms with van der Waals surface area (Å²) in [6, 6.07) is 8.21. The normalized spacial score (nSPS) is 15.6. The Bertz CT molecular complexity index is 689. The van der Waals surface area contributed by atoms with E-state index in [1.54, 1.807) is 7.11 Å². The molecule has 5 heteroatoms. The molecular weight excluding hydrogens is 314 g/mol. The molecule has 0 atom stereocenters. The maximum absolute atomic E-state index is 12.2. The van der Waals surface area contributed by atoms with Gasteiger partial charge in [0.15, 0.2) is 0 Å². The molecule has 2 aromatic rings. The summed E-state index contributed by atoms with van der Waals surface area (Å²) in [6.07, 6.45) is 7.56. The first-order valence-corrected chi connectivity index (χ1v) is 9.50. The first-order chi connectivity index (χ1) is 12.3. The summed E-state index contributed by atoms with van der Waals surface area (Å²) in [6.45, 7) is 2.20. The van der Waals surface area contributed by atoms with Crippen LogP contribution in [0.2, 0.25) is 0 Å². The van der Waals surface area contributed by atoms with Gasteiger partial charge in [-0.1, -0.05) is 31.4 Å². The summed E-state index contributed by atoms with van der Waals surface area (Å²) in [5, 5.41) is 3.12. The van der Waals surface area contributed by atoms with Crippen molar-refractivity contribution in [3.63, 3.8) is 0 Å². The minimum Gasteiger partial charge on any atom is -0.383 e. The van der Waals surface area contributed by atoms with Crippen molar-refractivity contribution in [1.82, 2.24) is 14.9 Å². The molecule has 0 saturated heterocycles. The molecule has 1 saturated carbocycles. The number of nitrogens with one attached hydrogen (secondary N) is 1. The van der Waals surface area contributed by atoms with Gasteiger partial charge < -0.3 is 14.6 Å². The largest absolute Gasteiger partial charge is 0.383 e. The number of aryl methyl sites for hydroxylation is 1. The van der Waals surface area contributed by atoms with Crippen LogP contribution in [-0.4, -0.2) is 35.7 Å².